The Labute approximate surface area is 101 Å². The van der Waals surface area contributed by atoms with E-state index in [0.29, 0.717) is 16.9 Å². The lowest BCUT2D eigenvalue weighted by Gasteiger charge is -2.15. The van der Waals surface area contributed by atoms with E-state index >= 15 is 0 Å². The average Bonchev–Trinajstić information content (AvgIpc) is 2.26. The van der Waals surface area contributed by atoms with Gasteiger partial charge in [0.05, 0.1) is 11.4 Å². The van der Waals surface area contributed by atoms with Crippen molar-refractivity contribution in [3.63, 3.8) is 0 Å². The summed E-state index contributed by atoms with van der Waals surface area (Å²) in [6, 6.07) is 5.30. The van der Waals surface area contributed by atoms with Crippen molar-refractivity contribution >= 4 is 23.1 Å². The Bertz CT molecular complexity index is 429. The first kappa shape index (κ1) is 13.0. The van der Waals surface area contributed by atoms with Gasteiger partial charge in [0.15, 0.2) is 0 Å². The predicted octanol–water partition coefficient (Wildman–Crippen LogP) is 1.75. The topological polar surface area (TPSA) is 91.0 Å². The van der Waals surface area contributed by atoms with Gasteiger partial charge >= 0.3 is 0 Å². The Morgan fingerprint density at radius 1 is 1.47 bits per heavy atom. The largest absolute Gasteiger partial charge is 0.384 e. The highest BCUT2D eigenvalue weighted by Gasteiger charge is 2.10. The number of amides is 1. The summed E-state index contributed by atoms with van der Waals surface area (Å²) in [5.41, 5.74) is 7.48. The Kier molecular flexibility index (Phi) is 4.51. The van der Waals surface area contributed by atoms with Crippen LogP contribution in [-0.4, -0.2) is 18.3 Å². The zero-order valence-corrected chi connectivity index (χ0v) is 10.1. The Hall–Kier alpha value is -2.04. The normalized spacial score (nSPS) is 9.76. The molecular formula is C12H18N4O. The fourth-order valence-electron chi connectivity index (χ4n) is 1.51. The van der Waals surface area contributed by atoms with Crippen molar-refractivity contribution in [1.82, 2.24) is 0 Å². The molecule has 0 fully saturated rings. The van der Waals surface area contributed by atoms with Crippen molar-refractivity contribution in [3.05, 3.63) is 23.8 Å². The standard InChI is InChI=1S/C12H18N4O/c1-3-7-15-11-9(12(13)14)5-4-6-10(11)16-8(2)17/h4-6,15H,3,7H2,1-2H3,(H3,13,14)(H,16,17). The van der Waals surface area contributed by atoms with Crippen LogP contribution in [0, 0.1) is 5.41 Å². The molecule has 0 aliphatic heterocycles. The summed E-state index contributed by atoms with van der Waals surface area (Å²) >= 11 is 0. The van der Waals surface area contributed by atoms with Crippen molar-refractivity contribution in [2.45, 2.75) is 20.3 Å². The summed E-state index contributed by atoms with van der Waals surface area (Å²) in [6.07, 6.45) is 0.950. The molecule has 0 aromatic heterocycles. The maximum Gasteiger partial charge on any atom is 0.221 e. The number of rotatable bonds is 5. The van der Waals surface area contributed by atoms with Gasteiger partial charge in [-0.05, 0) is 18.6 Å². The average molecular weight is 234 g/mol. The molecule has 1 aromatic rings. The monoisotopic (exact) mass is 234 g/mol. The minimum atomic E-state index is -0.148. The maximum atomic E-state index is 11.1. The second-order valence-corrected chi connectivity index (χ2v) is 3.75. The van der Waals surface area contributed by atoms with Crippen molar-refractivity contribution in [3.8, 4) is 0 Å². The summed E-state index contributed by atoms with van der Waals surface area (Å²) in [7, 11) is 0. The number of nitrogens with one attached hydrogen (secondary N) is 3. The third-order valence-electron chi connectivity index (χ3n) is 2.22. The number of carbonyl (C=O) groups is 1. The van der Waals surface area contributed by atoms with Crippen LogP contribution in [0.5, 0.6) is 0 Å². The number of carbonyl (C=O) groups excluding carboxylic acids is 1. The first-order chi connectivity index (χ1) is 8.06. The molecule has 0 atom stereocenters. The lowest BCUT2D eigenvalue weighted by atomic mass is 10.1. The first-order valence-electron chi connectivity index (χ1n) is 5.55. The molecule has 0 aliphatic rings. The van der Waals surface area contributed by atoms with Gasteiger partial charge in [-0.2, -0.15) is 0 Å². The van der Waals surface area contributed by atoms with E-state index in [1.54, 1.807) is 18.2 Å². The molecule has 1 amide bonds. The molecule has 0 aliphatic carbocycles. The summed E-state index contributed by atoms with van der Waals surface area (Å²) in [4.78, 5) is 11.1. The highest BCUT2D eigenvalue weighted by atomic mass is 16.1. The van der Waals surface area contributed by atoms with Gasteiger partial charge in [0.1, 0.15) is 5.84 Å². The quantitative estimate of drug-likeness (QED) is 0.462. The molecule has 0 spiro atoms. The van der Waals surface area contributed by atoms with Crippen LogP contribution in [0.25, 0.3) is 0 Å². The SMILES string of the molecule is CCCNc1c(NC(C)=O)cccc1C(=N)N. The summed E-state index contributed by atoms with van der Waals surface area (Å²) in [5.74, 6) is -0.166. The van der Waals surface area contributed by atoms with Crippen molar-refractivity contribution in [2.75, 3.05) is 17.2 Å². The lowest BCUT2D eigenvalue weighted by molar-refractivity contribution is -0.114. The number of hydrogen-bond acceptors (Lipinski definition) is 3. The van der Waals surface area contributed by atoms with E-state index in [2.05, 4.69) is 10.6 Å². The van der Waals surface area contributed by atoms with E-state index < -0.39 is 0 Å². The highest BCUT2D eigenvalue weighted by Crippen LogP contribution is 2.26. The molecule has 0 saturated carbocycles. The number of nitrogen functional groups attached to an aromatic ring is 1. The molecule has 5 nitrogen and oxygen atoms in total. The smallest absolute Gasteiger partial charge is 0.221 e. The van der Waals surface area contributed by atoms with Gasteiger partial charge in [0.2, 0.25) is 5.91 Å². The number of benzene rings is 1. The molecule has 0 unspecified atom stereocenters. The number of nitrogens with two attached hydrogens (primary N) is 1. The van der Waals surface area contributed by atoms with E-state index in [1.165, 1.54) is 6.92 Å². The fraction of sp³-hybridized carbons (Fsp3) is 0.333. The van der Waals surface area contributed by atoms with Gasteiger partial charge in [-0.1, -0.05) is 13.0 Å². The first-order valence-corrected chi connectivity index (χ1v) is 5.55. The van der Waals surface area contributed by atoms with Crippen molar-refractivity contribution in [2.24, 2.45) is 5.73 Å². The van der Waals surface area contributed by atoms with E-state index in [4.69, 9.17) is 11.1 Å². The lowest BCUT2D eigenvalue weighted by Crippen LogP contribution is -2.17. The molecule has 0 heterocycles. The van der Waals surface area contributed by atoms with Gasteiger partial charge in [0, 0.05) is 19.0 Å². The van der Waals surface area contributed by atoms with Gasteiger partial charge in [-0.3, -0.25) is 10.2 Å². The minimum Gasteiger partial charge on any atom is -0.384 e. The molecule has 1 aromatic carbocycles. The van der Waals surface area contributed by atoms with Crippen molar-refractivity contribution in [1.29, 1.82) is 5.41 Å². The van der Waals surface area contributed by atoms with Crippen LogP contribution >= 0.6 is 0 Å². The Morgan fingerprint density at radius 2 is 2.18 bits per heavy atom. The van der Waals surface area contributed by atoms with Crippen LogP contribution in [0.3, 0.4) is 0 Å². The van der Waals surface area contributed by atoms with E-state index in [1.807, 2.05) is 6.92 Å². The molecule has 92 valence electrons. The molecule has 5 N–H and O–H groups in total. The number of anilines is 2. The molecule has 1 rings (SSSR count). The fourth-order valence-corrected chi connectivity index (χ4v) is 1.51. The molecule has 0 saturated heterocycles. The van der Waals surface area contributed by atoms with Crippen molar-refractivity contribution < 1.29 is 4.79 Å². The van der Waals surface area contributed by atoms with Gasteiger partial charge < -0.3 is 16.4 Å². The van der Waals surface area contributed by atoms with Gasteiger partial charge in [0.25, 0.3) is 0 Å². The number of hydrogen-bond donors (Lipinski definition) is 4. The van der Waals surface area contributed by atoms with E-state index in [-0.39, 0.29) is 11.7 Å². The molecule has 17 heavy (non-hydrogen) atoms. The third kappa shape index (κ3) is 3.48. The number of para-hydroxylation sites is 1. The van der Waals surface area contributed by atoms with Gasteiger partial charge in [-0.15, -0.1) is 0 Å². The molecule has 5 heteroatoms. The second-order valence-electron chi connectivity index (χ2n) is 3.75. The van der Waals surface area contributed by atoms with E-state index in [0.717, 1.165) is 13.0 Å². The van der Waals surface area contributed by atoms with Gasteiger partial charge in [-0.25, -0.2) is 0 Å². The minimum absolute atomic E-state index is 0.0178. The van der Waals surface area contributed by atoms with Crippen LogP contribution in [0.2, 0.25) is 0 Å². The Morgan fingerprint density at radius 3 is 2.71 bits per heavy atom. The summed E-state index contributed by atoms with van der Waals surface area (Å²) in [5, 5.41) is 13.4. The summed E-state index contributed by atoms with van der Waals surface area (Å²) in [6.45, 7) is 4.25. The van der Waals surface area contributed by atoms with Crippen LogP contribution in [-0.2, 0) is 4.79 Å². The van der Waals surface area contributed by atoms with Crippen LogP contribution in [0.15, 0.2) is 18.2 Å². The highest BCUT2D eigenvalue weighted by molar-refractivity contribution is 6.05. The van der Waals surface area contributed by atoms with Crippen LogP contribution in [0.4, 0.5) is 11.4 Å². The zero-order chi connectivity index (χ0) is 12.8. The Balaban J connectivity index is 3.13. The number of amidine groups is 1. The van der Waals surface area contributed by atoms with E-state index in [9.17, 15) is 4.79 Å². The molecule has 0 bridgehead atoms. The predicted molar refractivity (Wildman–Crippen MR) is 70.5 cm³/mol. The third-order valence-corrected chi connectivity index (χ3v) is 2.22. The second kappa shape index (κ2) is 5.89. The maximum absolute atomic E-state index is 11.1. The van der Waals surface area contributed by atoms with Crippen LogP contribution < -0.4 is 16.4 Å². The zero-order valence-electron chi connectivity index (χ0n) is 10.1. The van der Waals surface area contributed by atoms with Crippen LogP contribution in [0.1, 0.15) is 25.8 Å². The summed E-state index contributed by atoms with van der Waals surface area (Å²) < 4.78 is 0. The molecule has 0 radical (unpaired) electrons. The molecular weight excluding hydrogens is 216 g/mol.